The standard InChI is InChI=1S/C17H25ClO8/c1-5-13-10-14(26-21-4)16(24-11-22-8-6-19-2)17(15(13)18)25-12-23-9-7-20-3/h5,10H,1,6-9,11-12H2,2-4H3. The van der Waals surface area contributed by atoms with Crippen LogP contribution in [0.4, 0.5) is 0 Å². The van der Waals surface area contributed by atoms with Gasteiger partial charge in [-0.3, -0.25) is 0 Å². The summed E-state index contributed by atoms with van der Waals surface area (Å²) in [6.07, 6.45) is 1.56. The average Bonchev–Trinajstić information content (AvgIpc) is 2.64. The molecule has 148 valence electrons. The van der Waals surface area contributed by atoms with Gasteiger partial charge < -0.3 is 33.3 Å². The number of halogens is 1. The summed E-state index contributed by atoms with van der Waals surface area (Å²) in [6.45, 7) is 5.22. The Bertz CT molecular complexity index is 538. The molecule has 1 aromatic carbocycles. The Balaban J connectivity index is 2.94. The number of hydrogen-bond acceptors (Lipinski definition) is 8. The molecule has 0 unspecified atom stereocenters. The maximum absolute atomic E-state index is 6.38. The Morgan fingerprint density at radius 2 is 1.50 bits per heavy atom. The van der Waals surface area contributed by atoms with Crippen LogP contribution in [-0.4, -0.2) is 61.3 Å². The Hall–Kier alpha value is -1.55. The van der Waals surface area contributed by atoms with Gasteiger partial charge in [-0.15, -0.1) is 0 Å². The van der Waals surface area contributed by atoms with E-state index in [-0.39, 0.29) is 30.8 Å². The maximum Gasteiger partial charge on any atom is 0.212 e. The molecule has 9 heteroatoms. The minimum Gasteiger partial charge on any atom is -0.462 e. The Labute approximate surface area is 158 Å². The molecule has 0 saturated carbocycles. The zero-order valence-electron chi connectivity index (χ0n) is 15.2. The van der Waals surface area contributed by atoms with Gasteiger partial charge in [-0.2, -0.15) is 4.89 Å². The molecule has 0 heterocycles. The highest BCUT2D eigenvalue weighted by Gasteiger charge is 2.21. The summed E-state index contributed by atoms with van der Waals surface area (Å²) in [4.78, 5) is 9.89. The lowest BCUT2D eigenvalue weighted by molar-refractivity contribution is -0.180. The smallest absolute Gasteiger partial charge is 0.212 e. The van der Waals surface area contributed by atoms with Gasteiger partial charge in [0.15, 0.2) is 19.3 Å². The summed E-state index contributed by atoms with van der Waals surface area (Å²) < 4.78 is 31.7. The van der Waals surface area contributed by atoms with E-state index in [0.29, 0.717) is 37.0 Å². The Kier molecular flexibility index (Phi) is 11.8. The normalized spacial score (nSPS) is 10.6. The zero-order valence-corrected chi connectivity index (χ0v) is 16.0. The largest absolute Gasteiger partial charge is 0.462 e. The van der Waals surface area contributed by atoms with Crippen LogP contribution < -0.4 is 14.4 Å². The van der Waals surface area contributed by atoms with Crippen LogP contribution >= 0.6 is 11.6 Å². The van der Waals surface area contributed by atoms with Gasteiger partial charge in [0.2, 0.25) is 11.5 Å². The van der Waals surface area contributed by atoms with Gasteiger partial charge in [-0.1, -0.05) is 24.3 Å². The van der Waals surface area contributed by atoms with Crippen molar-refractivity contribution in [3.63, 3.8) is 0 Å². The molecule has 0 aromatic heterocycles. The minimum atomic E-state index is -0.0614. The van der Waals surface area contributed by atoms with Crippen molar-refractivity contribution in [3.05, 3.63) is 23.2 Å². The summed E-state index contributed by atoms with van der Waals surface area (Å²) >= 11 is 6.38. The van der Waals surface area contributed by atoms with Gasteiger partial charge in [0.05, 0.1) is 38.6 Å². The van der Waals surface area contributed by atoms with Crippen molar-refractivity contribution in [2.45, 2.75) is 0 Å². The van der Waals surface area contributed by atoms with Crippen molar-refractivity contribution in [2.24, 2.45) is 0 Å². The average molecular weight is 393 g/mol. The third kappa shape index (κ3) is 7.36. The van der Waals surface area contributed by atoms with E-state index in [2.05, 4.69) is 6.58 Å². The van der Waals surface area contributed by atoms with Crippen molar-refractivity contribution in [1.29, 1.82) is 0 Å². The van der Waals surface area contributed by atoms with E-state index in [0.717, 1.165) is 0 Å². The fourth-order valence-corrected chi connectivity index (χ4v) is 2.05. The molecule has 8 nitrogen and oxygen atoms in total. The fourth-order valence-electron chi connectivity index (χ4n) is 1.78. The van der Waals surface area contributed by atoms with Gasteiger partial charge in [-0.25, -0.2) is 0 Å². The molecule has 0 N–H and O–H groups in total. The molecule has 1 rings (SSSR count). The van der Waals surface area contributed by atoms with Gasteiger partial charge in [-0.05, 0) is 6.07 Å². The molecule has 1 aromatic rings. The molecule has 0 fully saturated rings. The number of hydrogen-bond donors (Lipinski definition) is 0. The lowest BCUT2D eigenvalue weighted by Crippen LogP contribution is -2.12. The summed E-state index contributed by atoms with van der Waals surface area (Å²) in [7, 11) is 4.53. The van der Waals surface area contributed by atoms with Crippen LogP contribution in [0.15, 0.2) is 12.6 Å². The van der Waals surface area contributed by atoms with E-state index in [1.165, 1.54) is 7.11 Å². The number of methoxy groups -OCH3 is 2. The zero-order chi connectivity index (χ0) is 19.2. The van der Waals surface area contributed by atoms with E-state index >= 15 is 0 Å². The van der Waals surface area contributed by atoms with Gasteiger partial charge in [0, 0.05) is 19.8 Å². The molecule has 0 spiro atoms. The van der Waals surface area contributed by atoms with Crippen molar-refractivity contribution in [1.82, 2.24) is 0 Å². The topological polar surface area (TPSA) is 73.8 Å². The van der Waals surface area contributed by atoms with Crippen LogP contribution in [0, 0.1) is 0 Å². The molecule has 0 aliphatic heterocycles. The van der Waals surface area contributed by atoms with Gasteiger partial charge in [0.25, 0.3) is 0 Å². The molecule has 0 amide bonds. The first-order valence-electron chi connectivity index (χ1n) is 7.78. The van der Waals surface area contributed by atoms with Crippen LogP contribution in [0.5, 0.6) is 17.2 Å². The second-order valence-corrected chi connectivity index (χ2v) is 5.09. The molecule has 0 saturated heterocycles. The molecule has 0 radical (unpaired) electrons. The van der Waals surface area contributed by atoms with Crippen LogP contribution in [0.25, 0.3) is 6.08 Å². The highest BCUT2D eigenvalue weighted by Crippen LogP contribution is 2.45. The monoisotopic (exact) mass is 392 g/mol. The van der Waals surface area contributed by atoms with Crippen LogP contribution in [-0.2, 0) is 23.8 Å². The molecule has 0 aliphatic carbocycles. The van der Waals surface area contributed by atoms with Crippen LogP contribution in [0.2, 0.25) is 5.02 Å². The minimum absolute atomic E-state index is 0.0585. The third-order valence-electron chi connectivity index (χ3n) is 3.00. The number of benzene rings is 1. The molecular formula is C17H25ClO8. The number of ether oxygens (including phenoxy) is 6. The highest BCUT2D eigenvalue weighted by atomic mass is 35.5. The SMILES string of the molecule is C=Cc1cc(OOC)c(OCOCCOC)c(OCOCCOC)c1Cl. The van der Waals surface area contributed by atoms with E-state index < -0.39 is 0 Å². The highest BCUT2D eigenvalue weighted by molar-refractivity contribution is 6.34. The molecular weight excluding hydrogens is 368 g/mol. The van der Waals surface area contributed by atoms with Crippen molar-refractivity contribution in [2.75, 3.05) is 61.3 Å². The fraction of sp³-hybridized carbons (Fsp3) is 0.529. The van der Waals surface area contributed by atoms with E-state index in [4.69, 9.17) is 49.8 Å². The molecule has 0 bridgehead atoms. The lowest BCUT2D eigenvalue weighted by atomic mass is 10.2. The van der Waals surface area contributed by atoms with Crippen molar-refractivity contribution < 1.29 is 38.2 Å². The summed E-state index contributed by atoms with van der Waals surface area (Å²) in [5, 5.41) is 0.297. The lowest BCUT2D eigenvalue weighted by Gasteiger charge is -2.18. The van der Waals surface area contributed by atoms with E-state index in [1.807, 2.05) is 0 Å². The quantitative estimate of drug-likeness (QED) is 0.195. The van der Waals surface area contributed by atoms with Gasteiger partial charge >= 0.3 is 0 Å². The Morgan fingerprint density at radius 1 is 0.923 bits per heavy atom. The summed E-state index contributed by atoms with van der Waals surface area (Å²) in [6, 6.07) is 1.61. The number of rotatable bonds is 15. The van der Waals surface area contributed by atoms with Crippen molar-refractivity contribution >= 4 is 17.7 Å². The van der Waals surface area contributed by atoms with E-state index in [9.17, 15) is 0 Å². The predicted molar refractivity (Wildman–Crippen MR) is 95.8 cm³/mol. The first kappa shape index (κ1) is 22.5. The summed E-state index contributed by atoms with van der Waals surface area (Å²) in [5.74, 6) is 0.702. The predicted octanol–water partition coefficient (Wildman–Crippen LogP) is 2.92. The summed E-state index contributed by atoms with van der Waals surface area (Å²) in [5.41, 5.74) is 0.582. The maximum atomic E-state index is 6.38. The molecule has 0 atom stereocenters. The molecule has 26 heavy (non-hydrogen) atoms. The second-order valence-electron chi connectivity index (χ2n) is 4.72. The van der Waals surface area contributed by atoms with Gasteiger partial charge in [0.1, 0.15) is 0 Å². The first-order valence-corrected chi connectivity index (χ1v) is 8.15. The Morgan fingerprint density at radius 3 is 2.00 bits per heavy atom. The van der Waals surface area contributed by atoms with Crippen LogP contribution in [0.1, 0.15) is 5.56 Å². The van der Waals surface area contributed by atoms with Crippen LogP contribution in [0.3, 0.4) is 0 Å². The van der Waals surface area contributed by atoms with E-state index in [1.54, 1.807) is 26.4 Å². The molecule has 0 aliphatic rings. The third-order valence-corrected chi connectivity index (χ3v) is 3.39. The first-order chi connectivity index (χ1) is 12.7. The van der Waals surface area contributed by atoms with Crippen molar-refractivity contribution in [3.8, 4) is 17.2 Å². The second kappa shape index (κ2) is 13.6.